The van der Waals surface area contributed by atoms with Crippen molar-refractivity contribution in [3.05, 3.63) is 40.3 Å². The smallest absolute Gasteiger partial charge is 0.287 e. The summed E-state index contributed by atoms with van der Waals surface area (Å²) in [5.41, 5.74) is 1.77. The van der Waals surface area contributed by atoms with Crippen molar-refractivity contribution in [1.82, 2.24) is 14.8 Å². The molecule has 7 heteroatoms. The van der Waals surface area contributed by atoms with Gasteiger partial charge in [0.1, 0.15) is 12.0 Å². The number of nitrogens with zero attached hydrogens (tertiary/aromatic N) is 4. The fourth-order valence-corrected chi connectivity index (χ4v) is 1.61. The second kappa shape index (κ2) is 4.82. The Morgan fingerprint density at radius 1 is 1.50 bits per heavy atom. The molecule has 0 atom stereocenters. The molecule has 0 aliphatic rings. The van der Waals surface area contributed by atoms with E-state index >= 15 is 0 Å². The molecule has 0 aromatic carbocycles. The third-order valence-electron chi connectivity index (χ3n) is 2.46. The average Bonchev–Trinajstić information content (AvgIpc) is 2.70. The van der Waals surface area contributed by atoms with E-state index in [1.54, 1.807) is 10.7 Å². The fraction of sp³-hybridized carbons (Fsp3) is 0.273. The van der Waals surface area contributed by atoms with E-state index in [2.05, 4.69) is 15.4 Å². The van der Waals surface area contributed by atoms with E-state index in [-0.39, 0.29) is 5.69 Å². The van der Waals surface area contributed by atoms with Gasteiger partial charge in [-0.25, -0.2) is 4.98 Å². The van der Waals surface area contributed by atoms with Crippen molar-refractivity contribution in [2.24, 2.45) is 7.05 Å². The maximum Gasteiger partial charge on any atom is 0.287 e. The van der Waals surface area contributed by atoms with Crippen LogP contribution in [0.2, 0.25) is 0 Å². The van der Waals surface area contributed by atoms with Gasteiger partial charge in [0.15, 0.2) is 0 Å². The maximum absolute atomic E-state index is 10.5. The van der Waals surface area contributed by atoms with Crippen molar-refractivity contribution in [3.63, 3.8) is 0 Å². The summed E-state index contributed by atoms with van der Waals surface area (Å²) in [4.78, 5) is 14.0. The Morgan fingerprint density at radius 3 is 2.83 bits per heavy atom. The molecular formula is C11H13N5O2. The molecule has 0 saturated heterocycles. The maximum atomic E-state index is 10.5. The van der Waals surface area contributed by atoms with E-state index in [1.165, 1.54) is 12.3 Å². The zero-order valence-corrected chi connectivity index (χ0v) is 10.1. The van der Waals surface area contributed by atoms with E-state index in [1.807, 2.05) is 20.2 Å². The lowest BCUT2D eigenvalue weighted by Crippen LogP contribution is -1.96. The molecule has 94 valence electrons. The van der Waals surface area contributed by atoms with Crippen molar-refractivity contribution >= 4 is 17.2 Å². The Kier molecular flexibility index (Phi) is 3.22. The Morgan fingerprint density at radius 2 is 2.28 bits per heavy atom. The molecule has 7 nitrogen and oxygen atoms in total. The van der Waals surface area contributed by atoms with Gasteiger partial charge in [-0.1, -0.05) is 6.92 Å². The molecule has 2 rings (SSSR count). The first-order valence-electron chi connectivity index (χ1n) is 5.50. The lowest BCUT2D eigenvalue weighted by Gasteiger charge is -2.03. The quantitative estimate of drug-likeness (QED) is 0.659. The number of aryl methyl sites for hydroxylation is 2. The predicted octanol–water partition coefficient (Wildman–Crippen LogP) is 2.03. The Bertz CT molecular complexity index is 561. The summed E-state index contributed by atoms with van der Waals surface area (Å²) in [6.07, 6.45) is 3.88. The van der Waals surface area contributed by atoms with Gasteiger partial charge in [0, 0.05) is 19.3 Å². The number of pyridine rings is 1. The first-order valence-corrected chi connectivity index (χ1v) is 5.50. The van der Waals surface area contributed by atoms with Crippen molar-refractivity contribution in [3.8, 4) is 0 Å². The molecule has 2 heterocycles. The van der Waals surface area contributed by atoms with Gasteiger partial charge < -0.3 is 5.32 Å². The van der Waals surface area contributed by atoms with E-state index in [0.29, 0.717) is 5.82 Å². The number of rotatable bonds is 4. The highest BCUT2D eigenvalue weighted by Gasteiger charge is 2.08. The lowest BCUT2D eigenvalue weighted by molar-refractivity contribution is -0.385. The number of aromatic nitrogens is 3. The van der Waals surface area contributed by atoms with Crippen molar-refractivity contribution in [2.75, 3.05) is 5.32 Å². The minimum absolute atomic E-state index is 0.0255. The summed E-state index contributed by atoms with van der Waals surface area (Å²) in [6.45, 7) is 2.01. The van der Waals surface area contributed by atoms with Crippen LogP contribution in [0.15, 0.2) is 24.5 Å². The number of nitro groups is 1. The van der Waals surface area contributed by atoms with Gasteiger partial charge in [-0.05, 0) is 12.5 Å². The largest absolute Gasteiger partial charge is 0.337 e. The second-order valence-corrected chi connectivity index (χ2v) is 3.80. The topological polar surface area (TPSA) is 85.9 Å². The molecule has 18 heavy (non-hydrogen) atoms. The average molecular weight is 247 g/mol. The van der Waals surface area contributed by atoms with E-state index in [0.717, 1.165) is 17.8 Å². The van der Waals surface area contributed by atoms with Gasteiger partial charge in [-0.2, -0.15) is 5.10 Å². The summed E-state index contributed by atoms with van der Waals surface area (Å²) in [7, 11) is 1.84. The first kappa shape index (κ1) is 12.0. The molecule has 0 spiro atoms. The van der Waals surface area contributed by atoms with Gasteiger partial charge >= 0.3 is 0 Å². The molecule has 0 radical (unpaired) electrons. The highest BCUT2D eigenvalue weighted by Crippen LogP contribution is 2.20. The molecule has 0 unspecified atom stereocenters. The van der Waals surface area contributed by atoms with Crippen LogP contribution in [0.1, 0.15) is 12.6 Å². The van der Waals surface area contributed by atoms with Crippen LogP contribution in [0.5, 0.6) is 0 Å². The Hall–Kier alpha value is -2.44. The standard InChI is InChI=1S/C11H13N5O2/c1-3-9-10(7-15(2)14-9)13-11-5-4-8(6-12-11)16(17)18/h4-7H,3H2,1-2H3,(H,12,13). The molecule has 2 aromatic rings. The van der Waals surface area contributed by atoms with Crippen LogP contribution in [0.3, 0.4) is 0 Å². The summed E-state index contributed by atoms with van der Waals surface area (Å²) < 4.78 is 1.71. The van der Waals surface area contributed by atoms with Crippen LogP contribution in [-0.4, -0.2) is 19.7 Å². The third-order valence-corrected chi connectivity index (χ3v) is 2.46. The molecule has 0 amide bonds. The summed E-state index contributed by atoms with van der Waals surface area (Å²) in [6, 6.07) is 2.99. The molecule has 0 aliphatic heterocycles. The van der Waals surface area contributed by atoms with Gasteiger partial charge in [0.25, 0.3) is 5.69 Å². The third kappa shape index (κ3) is 2.45. The molecule has 0 aliphatic carbocycles. The lowest BCUT2D eigenvalue weighted by atomic mass is 10.3. The normalized spacial score (nSPS) is 10.3. The van der Waals surface area contributed by atoms with Crippen LogP contribution in [-0.2, 0) is 13.5 Å². The summed E-state index contributed by atoms with van der Waals surface area (Å²) in [5, 5.41) is 17.9. The van der Waals surface area contributed by atoms with Crippen LogP contribution >= 0.6 is 0 Å². The van der Waals surface area contributed by atoms with Gasteiger partial charge in [0.2, 0.25) is 0 Å². The summed E-state index contributed by atoms with van der Waals surface area (Å²) >= 11 is 0. The zero-order chi connectivity index (χ0) is 13.1. The van der Waals surface area contributed by atoms with Crippen LogP contribution in [0.25, 0.3) is 0 Å². The summed E-state index contributed by atoms with van der Waals surface area (Å²) in [5.74, 6) is 0.559. The van der Waals surface area contributed by atoms with Crippen molar-refractivity contribution in [1.29, 1.82) is 0 Å². The minimum Gasteiger partial charge on any atom is -0.337 e. The van der Waals surface area contributed by atoms with Crippen LogP contribution in [0, 0.1) is 10.1 Å². The fourth-order valence-electron chi connectivity index (χ4n) is 1.61. The predicted molar refractivity (Wildman–Crippen MR) is 66.8 cm³/mol. The second-order valence-electron chi connectivity index (χ2n) is 3.80. The van der Waals surface area contributed by atoms with Gasteiger partial charge in [-0.15, -0.1) is 0 Å². The number of hydrogen-bond acceptors (Lipinski definition) is 5. The molecule has 0 saturated carbocycles. The minimum atomic E-state index is -0.474. The SMILES string of the molecule is CCc1nn(C)cc1Nc1ccc([N+](=O)[O-])cn1. The Labute approximate surface area is 104 Å². The zero-order valence-electron chi connectivity index (χ0n) is 10.1. The number of nitrogens with one attached hydrogen (secondary N) is 1. The number of hydrogen-bond donors (Lipinski definition) is 1. The monoisotopic (exact) mass is 247 g/mol. The Balaban J connectivity index is 2.20. The first-order chi connectivity index (χ1) is 8.60. The van der Waals surface area contributed by atoms with E-state index < -0.39 is 4.92 Å². The van der Waals surface area contributed by atoms with E-state index in [4.69, 9.17) is 0 Å². The molecule has 2 aromatic heterocycles. The van der Waals surface area contributed by atoms with Crippen LogP contribution < -0.4 is 5.32 Å². The molecule has 1 N–H and O–H groups in total. The molecular weight excluding hydrogens is 234 g/mol. The van der Waals surface area contributed by atoms with Gasteiger partial charge in [0.05, 0.1) is 16.3 Å². The van der Waals surface area contributed by atoms with Crippen molar-refractivity contribution in [2.45, 2.75) is 13.3 Å². The highest BCUT2D eigenvalue weighted by molar-refractivity contribution is 5.58. The van der Waals surface area contributed by atoms with Crippen molar-refractivity contribution < 1.29 is 4.92 Å². The highest BCUT2D eigenvalue weighted by atomic mass is 16.6. The number of anilines is 2. The molecule has 0 bridgehead atoms. The van der Waals surface area contributed by atoms with Gasteiger partial charge in [-0.3, -0.25) is 14.8 Å². The molecule has 0 fully saturated rings. The van der Waals surface area contributed by atoms with E-state index in [9.17, 15) is 10.1 Å². The van der Waals surface area contributed by atoms with Crippen LogP contribution in [0.4, 0.5) is 17.2 Å².